The van der Waals surface area contributed by atoms with Crippen molar-refractivity contribution in [2.24, 2.45) is 11.8 Å². The van der Waals surface area contributed by atoms with Gasteiger partial charge in [-0.2, -0.15) is 0 Å². The summed E-state index contributed by atoms with van der Waals surface area (Å²) >= 11 is 0. The number of rotatable bonds is 6. The summed E-state index contributed by atoms with van der Waals surface area (Å²) < 4.78 is 0. The molecule has 1 saturated heterocycles. The fourth-order valence-electron chi connectivity index (χ4n) is 4.34. The standard InChI is InChI=1S/C26H29N3O4/c1-17(2)12-14-29-25(32)21-11-10-18(15-22(21)26(29)33)24(31)28-13-6-7-19(16-28)23(30)27-20-8-4-3-5-9-20/h3-5,8-11,15,17,19H,6-7,12-14,16H2,1-2H3,(H,27,30)/t19-/m0/s1. The first-order valence-corrected chi connectivity index (χ1v) is 11.5. The topological polar surface area (TPSA) is 86.8 Å². The van der Waals surface area contributed by atoms with E-state index in [0.29, 0.717) is 43.1 Å². The third kappa shape index (κ3) is 4.82. The summed E-state index contributed by atoms with van der Waals surface area (Å²) in [6, 6.07) is 14.0. The van der Waals surface area contributed by atoms with E-state index in [1.54, 1.807) is 17.0 Å². The van der Waals surface area contributed by atoms with E-state index in [1.165, 1.54) is 11.0 Å². The van der Waals surface area contributed by atoms with E-state index in [2.05, 4.69) is 5.32 Å². The minimum atomic E-state index is -0.343. The normalized spacial score (nSPS) is 18.0. The number of fused-ring (bicyclic) bond motifs is 1. The molecular weight excluding hydrogens is 418 g/mol. The Morgan fingerprint density at radius 1 is 1.03 bits per heavy atom. The first kappa shape index (κ1) is 22.7. The van der Waals surface area contributed by atoms with Gasteiger partial charge >= 0.3 is 0 Å². The Balaban J connectivity index is 1.45. The monoisotopic (exact) mass is 447 g/mol. The molecule has 33 heavy (non-hydrogen) atoms. The molecule has 2 heterocycles. The molecule has 1 N–H and O–H groups in total. The largest absolute Gasteiger partial charge is 0.338 e. The second-order valence-corrected chi connectivity index (χ2v) is 9.15. The van der Waals surface area contributed by atoms with E-state index in [4.69, 9.17) is 0 Å². The molecule has 2 aromatic rings. The zero-order valence-electron chi connectivity index (χ0n) is 19.0. The van der Waals surface area contributed by atoms with Crippen molar-refractivity contribution in [3.63, 3.8) is 0 Å². The molecule has 7 nitrogen and oxygen atoms in total. The van der Waals surface area contributed by atoms with Gasteiger partial charge in [-0.3, -0.25) is 24.1 Å². The first-order valence-electron chi connectivity index (χ1n) is 11.5. The summed E-state index contributed by atoms with van der Waals surface area (Å²) in [6.07, 6.45) is 2.17. The Labute approximate surface area is 193 Å². The van der Waals surface area contributed by atoms with Gasteiger partial charge in [0.15, 0.2) is 0 Å². The third-order valence-corrected chi connectivity index (χ3v) is 6.27. The molecule has 172 valence electrons. The Kier molecular flexibility index (Phi) is 6.58. The molecule has 2 aliphatic heterocycles. The van der Waals surface area contributed by atoms with Crippen LogP contribution < -0.4 is 5.32 Å². The van der Waals surface area contributed by atoms with Gasteiger partial charge < -0.3 is 10.2 Å². The molecule has 0 aromatic heterocycles. The summed E-state index contributed by atoms with van der Waals surface area (Å²) in [7, 11) is 0. The Hall–Kier alpha value is -3.48. The molecule has 0 saturated carbocycles. The lowest BCUT2D eigenvalue weighted by Crippen LogP contribution is -2.43. The number of hydrogen-bond acceptors (Lipinski definition) is 4. The molecule has 0 radical (unpaired) electrons. The summed E-state index contributed by atoms with van der Waals surface area (Å²) in [5, 5.41) is 2.92. The van der Waals surface area contributed by atoms with Crippen molar-refractivity contribution in [2.75, 3.05) is 25.0 Å². The lowest BCUT2D eigenvalue weighted by molar-refractivity contribution is -0.121. The van der Waals surface area contributed by atoms with Crippen LogP contribution in [-0.4, -0.2) is 53.1 Å². The van der Waals surface area contributed by atoms with Crippen LogP contribution in [0.15, 0.2) is 48.5 Å². The van der Waals surface area contributed by atoms with Gasteiger partial charge in [-0.15, -0.1) is 0 Å². The fourth-order valence-corrected chi connectivity index (χ4v) is 4.34. The molecule has 0 spiro atoms. The highest BCUT2D eigenvalue weighted by Crippen LogP contribution is 2.26. The molecule has 4 amide bonds. The molecule has 0 bridgehead atoms. The first-order chi connectivity index (χ1) is 15.8. The minimum Gasteiger partial charge on any atom is -0.338 e. The second-order valence-electron chi connectivity index (χ2n) is 9.15. The van der Waals surface area contributed by atoms with Crippen molar-refractivity contribution in [1.29, 1.82) is 0 Å². The fraction of sp³-hybridized carbons (Fsp3) is 0.385. The van der Waals surface area contributed by atoms with E-state index in [0.717, 1.165) is 18.5 Å². The van der Waals surface area contributed by atoms with Gasteiger partial charge in [0.05, 0.1) is 17.0 Å². The van der Waals surface area contributed by atoms with Gasteiger partial charge in [0.1, 0.15) is 0 Å². The number of piperidine rings is 1. The van der Waals surface area contributed by atoms with E-state index >= 15 is 0 Å². The van der Waals surface area contributed by atoms with Crippen molar-refractivity contribution in [3.8, 4) is 0 Å². The lowest BCUT2D eigenvalue weighted by Gasteiger charge is -2.32. The zero-order valence-corrected chi connectivity index (χ0v) is 19.0. The Morgan fingerprint density at radius 2 is 1.76 bits per heavy atom. The van der Waals surface area contributed by atoms with E-state index < -0.39 is 0 Å². The smallest absolute Gasteiger partial charge is 0.261 e. The van der Waals surface area contributed by atoms with Gasteiger partial charge in [-0.05, 0) is 55.5 Å². The van der Waals surface area contributed by atoms with Gasteiger partial charge in [-0.1, -0.05) is 32.0 Å². The van der Waals surface area contributed by atoms with Crippen LogP contribution in [0.5, 0.6) is 0 Å². The number of nitrogens with one attached hydrogen (secondary N) is 1. The van der Waals surface area contributed by atoms with Crippen molar-refractivity contribution in [3.05, 3.63) is 65.2 Å². The van der Waals surface area contributed by atoms with Gasteiger partial charge in [0.2, 0.25) is 5.91 Å². The van der Waals surface area contributed by atoms with Crippen molar-refractivity contribution in [1.82, 2.24) is 9.80 Å². The number of hydrogen-bond donors (Lipinski definition) is 1. The number of nitrogens with zero attached hydrogens (tertiary/aromatic N) is 2. The van der Waals surface area contributed by atoms with E-state index in [-0.39, 0.29) is 35.1 Å². The maximum Gasteiger partial charge on any atom is 0.261 e. The van der Waals surface area contributed by atoms with Crippen LogP contribution in [0.1, 0.15) is 64.2 Å². The summed E-state index contributed by atoms with van der Waals surface area (Å²) in [5.74, 6) is -0.899. The van der Waals surface area contributed by atoms with Crippen LogP contribution in [0.2, 0.25) is 0 Å². The number of para-hydroxylation sites is 1. The molecule has 1 fully saturated rings. The highest BCUT2D eigenvalue weighted by atomic mass is 16.2. The van der Waals surface area contributed by atoms with E-state index in [9.17, 15) is 19.2 Å². The predicted molar refractivity (Wildman–Crippen MR) is 125 cm³/mol. The average molecular weight is 448 g/mol. The number of anilines is 1. The molecule has 0 aliphatic carbocycles. The number of likely N-dealkylation sites (tertiary alicyclic amines) is 1. The van der Waals surface area contributed by atoms with Crippen LogP contribution in [0.3, 0.4) is 0 Å². The van der Waals surface area contributed by atoms with Crippen LogP contribution in [0.4, 0.5) is 5.69 Å². The predicted octanol–water partition coefficient (Wildman–Crippen LogP) is 3.82. The third-order valence-electron chi connectivity index (χ3n) is 6.27. The lowest BCUT2D eigenvalue weighted by atomic mass is 9.96. The molecule has 4 rings (SSSR count). The summed E-state index contributed by atoms with van der Waals surface area (Å²) in [6.45, 7) is 5.33. The highest BCUT2D eigenvalue weighted by Gasteiger charge is 2.36. The maximum atomic E-state index is 13.2. The summed E-state index contributed by atoms with van der Waals surface area (Å²) in [4.78, 5) is 54.3. The zero-order chi connectivity index (χ0) is 23.5. The van der Waals surface area contributed by atoms with Crippen molar-refractivity contribution in [2.45, 2.75) is 33.1 Å². The van der Waals surface area contributed by atoms with Crippen LogP contribution >= 0.6 is 0 Å². The van der Waals surface area contributed by atoms with Crippen LogP contribution in [0.25, 0.3) is 0 Å². The number of benzene rings is 2. The van der Waals surface area contributed by atoms with Crippen LogP contribution in [-0.2, 0) is 4.79 Å². The average Bonchev–Trinajstić information content (AvgIpc) is 3.06. The SMILES string of the molecule is CC(C)CCN1C(=O)c2ccc(C(=O)N3CCC[C@H](C(=O)Nc4ccccc4)C3)cc2C1=O. The van der Waals surface area contributed by atoms with Crippen molar-refractivity contribution < 1.29 is 19.2 Å². The molecule has 7 heteroatoms. The van der Waals surface area contributed by atoms with E-state index in [1.807, 2.05) is 44.2 Å². The van der Waals surface area contributed by atoms with Crippen molar-refractivity contribution >= 4 is 29.3 Å². The number of carbonyl (C=O) groups is 4. The quantitative estimate of drug-likeness (QED) is 0.682. The number of carbonyl (C=O) groups excluding carboxylic acids is 4. The van der Waals surface area contributed by atoms with Gasteiger partial charge in [-0.25, -0.2) is 0 Å². The molecule has 2 aliphatic rings. The number of imide groups is 1. The second kappa shape index (κ2) is 9.57. The molecule has 1 atom stereocenters. The van der Waals surface area contributed by atoms with Crippen LogP contribution in [0, 0.1) is 11.8 Å². The molecule has 2 aromatic carbocycles. The Bertz CT molecular complexity index is 1080. The van der Waals surface area contributed by atoms with Gasteiger partial charge in [0, 0.05) is 30.9 Å². The molecule has 0 unspecified atom stereocenters. The maximum absolute atomic E-state index is 13.2. The molecular formula is C26H29N3O4. The number of amides is 4. The summed E-state index contributed by atoms with van der Waals surface area (Å²) in [5.41, 5.74) is 1.73. The minimum absolute atomic E-state index is 0.103. The Morgan fingerprint density at radius 3 is 2.48 bits per heavy atom. The highest BCUT2D eigenvalue weighted by molar-refractivity contribution is 6.22. The van der Waals surface area contributed by atoms with Gasteiger partial charge in [0.25, 0.3) is 17.7 Å².